The second kappa shape index (κ2) is 8.25. The van der Waals surface area contributed by atoms with Gasteiger partial charge in [-0.05, 0) is 24.3 Å². The van der Waals surface area contributed by atoms with E-state index in [1.165, 1.54) is 21.3 Å². The second-order valence-corrected chi connectivity index (χ2v) is 8.43. The summed E-state index contributed by atoms with van der Waals surface area (Å²) in [7, 11) is 6.11. The molecule has 9 heteroatoms. The highest BCUT2D eigenvalue weighted by Crippen LogP contribution is 2.53. The van der Waals surface area contributed by atoms with Gasteiger partial charge in [0.1, 0.15) is 11.4 Å². The van der Waals surface area contributed by atoms with Gasteiger partial charge >= 0.3 is 0 Å². The Morgan fingerprint density at radius 3 is 2.29 bits per heavy atom. The van der Waals surface area contributed by atoms with E-state index in [2.05, 4.69) is 5.32 Å². The maximum Gasteiger partial charge on any atom is 0.234 e. The Bertz CT molecular complexity index is 1140. The van der Waals surface area contributed by atoms with Crippen molar-refractivity contribution < 1.29 is 33.3 Å². The third-order valence-corrected chi connectivity index (χ3v) is 6.72. The van der Waals surface area contributed by atoms with Crippen molar-refractivity contribution in [3.8, 4) is 23.0 Å². The van der Waals surface area contributed by atoms with Crippen molar-refractivity contribution in [2.75, 3.05) is 45.2 Å². The molecule has 0 aromatic heterocycles. The minimum atomic E-state index is -0.820. The van der Waals surface area contributed by atoms with Gasteiger partial charge in [-0.25, -0.2) is 0 Å². The van der Waals surface area contributed by atoms with Crippen molar-refractivity contribution >= 4 is 23.2 Å². The van der Waals surface area contributed by atoms with Crippen LogP contribution in [-0.4, -0.2) is 58.5 Å². The summed E-state index contributed by atoms with van der Waals surface area (Å²) < 4.78 is 27.5. The van der Waals surface area contributed by atoms with Gasteiger partial charge < -0.3 is 33.9 Å². The van der Waals surface area contributed by atoms with Crippen LogP contribution in [-0.2, 0) is 14.3 Å². The van der Waals surface area contributed by atoms with E-state index in [4.69, 9.17) is 23.7 Å². The fraction of sp³-hybridized carbons (Fsp3) is 0.360. The molecule has 34 heavy (non-hydrogen) atoms. The molecule has 2 fully saturated rings. The number of methoxy groups -OCH3 is 4. The van der Waals surface area contributed by atoms with Gasteiger partial charge in [-0.2, -0.15) is 0 Å². The summed E-state index contributed by atoms with van der Waals surface area (Å²) in [6.07, 6.45) is 3.34. The highest BCUT2D eigenvalue weighted by molar-refractivity contribution is 6.05. The predicted octanol–water partition coefficient (Wildman–Crippen LogP) is 2.65. The monoisotopic (exact) mass is 466 g/mol. The molecular formula is C25H26N2O7. The SMILES string of the molecule is COc1ccc(N2C[C@]34C=C[C@@H](O3)[C@@H](C(=O)Nc3cc(OC)c(OC)c(OC)c3)[C@H]4C2=O)cc1. The van der Waals surface area contributed by atoms with Crippen molar-refractivity contribution in [1.29, 1.82) is 0 Å². The van der Waals surface area contributed by atoms with E-state index in [1.807, 2.05) is 24.3 Å². The third-order valence-electron chi connectivity index (χ3n) is 6.72. The first-order valence-electron chi connectivity index (χ1n) is 10.9. The van der Waals surface area contributed by atoms with Crippen molar-refractivity contribution in [3.63, 3.8) is 0 Å². The molecule has 2 aromatic carbocycles. The van der Waals surface area contributed by atoms with Crippen LogP contribution in [0.1, 0.15) is 0 Å². The molecule has 3 aliphatic heterocycles. The lowest BCUT2D eigenvalue weighted by Gasteiger charge is -2.24. The van der Waals surface area contributed by atoms with Crippen LogP contribution in [0.3, 0.4) is 0 Å². The maximum atomic E-state index is 13.5. The number of ether oxygens (including phenoxy) is 5. The van der Waals surface area contributed by atoms with Gasteiger partial charge in [-0.1, -0.05) is 12.2 Å². The molecule has 0 saturated carbocycles. The van der Waals surface area contributed by atoms with Gasteiger partial charge in [0, 0.05) is 23.5 Å². The summed E-state index contributed by atoms with van der Waals surface area (Å²) in [6, 6.07) is 10.6. The first-order chi connectivity index (χ1) is 16.4. The van der Waals surface area contributed by atoms with Gasteiger partial charge in [0.05, 0.1) is 52.9 Å². The minimum absolute atomic E-state index is 0.137. The number of benzene rings is 2. The van der Waals surface area contributed by atoms with Crippen LogP contribution in [0, 0.1) is 11.8 Å². The molecule has 2 amide bonds. The molecule has 0 aliphatic carbocycles. The lowest BCUT2D eigenvalue weighted by atomic mass is 9.77. The van der Waals surface area contributed by atoms with E-state index < -0.39 is 23.5 Å². The van der Waals surface area contributed by atoms with Gasteiger partial charge in [0.15, 0.2) is 11.5 Å². The number of carbonyl (C=O) groups is 2. The standard InChI is InChI=1S/C25H26N2O7/c1-30-16-7-5-15(6-8-16)27-13-25-10-9-17(34-25)20(21(25)24(27)29)23(28)26-14-11-18(31-2)22(33-4)19(12-14)32-3/h5-12,17,20-21H,13H2,1-4H3,(H,26,28)/t17-,20-,21+,25+/m1/s1. The Morgan fingerprint density at radius 1 is 1.03 bits per heavy atom. The second-order valence-electron chi connectivity index (χ2n) is 8.43. The summed E-state index contributed by atoms with van der Waals surface area (Å²) in [5, 5.41) is 2.91. The Balaban J connectivity index is 1.41. The number of fused-ring (bicyclic) bond motifs is 1. The molecule has 3 aliphatic rings. The molecule has 2 aromatic rings. The van der Waals surface area contributed by atoms with Crippen LogP contribution in [0.4, 0.5) is 11.4 Å². The molecule has 4 atom stereocenters. The van der Waals surface area contributed by atoms with Crippen LogP contribution in [0.25, 0.3) is 0 Å². The van der Waals surface area contributed by atoms with Gasteiger partial charge in [0.2, 0.25) is 17.6 Å². The lowest BCUT2D eigenvalue weighted by Crippen LogP contribution is -2.41. The molecule has 3 heterocycles. The van der Waals surface area contributed by atoms with Crippen LogP contribution >= 0.6 is 0 Å². The van der Waals surface area contributed by atoms with Gasteiger partial charge in [-0.3, -0.25) is 9.59 Å². The van der Waals surface area contributed by atoms with Crippen LogP contribution in [0.15, 0.2) is 48.6 Å². The third kappa shape index (κ3) is 3.27. The quantitative estimate of drug-likeness (QED) is 0.627. The summed E-state index contributed by atoms with van der Waals surface area (Å²) in [6.45, 7) is 0.351. The molecule has 1 N–H and O–H groups in total. The van der Waals surface area contributed by atoms with Crippen molar-refractivity contribution in [2.45, 2.75) is 11.7 Å². The smallest absolute Gasteiger partial charge is 0.234 e. The van der Waals surface area contributed by atoms with Gasteiger partial charge in [0.25, 0.3) is 0 Å². The van der Waals surface area contributed by atoms with Crippen LogP contribution in [0.5, 0.6) is 23.0 Å². The topological polar surface area (TPSA) is 95.6 Å². The Kier molecular flexibility index (Phi) is 5.36. The summed E-state index contributed by atoms with van der Waals surface area (Å²) in [5.74, 6) is 0.234. The highest BCUT2D eigenvalue weighted by Gasteiger charge is 2.67. The average molecular weight is 466 g/mol. The predicted molar refractivity (Wildman–Crippen MR) is 124 cm³/mol. The molecular weight excluding hydrogens is 440 g/mol. The maximum absolute atomic E-state index is 13.5. The number of rotatable bonds is 7. The largest absolute Gasteiger partial charge is 0.497 e. The van der Waals surface area contributed by atoms with E-state index in [1.54, 1.807) is 36.3 Å². The van der Waals surface area contributed by atoms with Crippen molar-refractivity contribution in [3.05, 3.63) is 48.6 Å². The highest BCUT2D eigenvalue weighted by atomic mass is 16.5. The zero-order valence-electron chi connectivity index (χ0n) is 19.4. The molecule has 5 rings (SSSR count). The lowest BCUT2D eigenvalue weighted by molar-refractivity contribution is -0.128. The van der Waals surface area contributed by atoms with Crippen LogP contribution < -0.4 is 29.2 Å². The molecule has 2 bridgehead atoms. The Hall–Kier alpha value is -3.72. The van der Waals surface area contributed by atoms with E-state index in [9.17, 15) is 9.59 Å². The fourth-order valence-corrected chi connectivity index (χ4v) is 5.16. The number of nitrogens with one attached hydrogen (secondary N) is 1. The summed E-state index contributed by atoms with van der Waals surface area (Å²) in [4.78, 5) is 28.6. The zero-order chi connectivity index (χ0) is 24.0. The zero-order valence-corrected chi connectivity index (χ0v) is 19.4. The van der Waals surface area contributed by atoms with Crippen LogP contribution in [0.2, 0.25) is 0 Å². The molecule has 178 valence electrons. The number of carbonyl (C=O) groups excluding carboxylic acids is 2. The van der Waals surface area contributed by atoms with Crippen molar-refractivity contribution in [2.24, 2.45) is 11.8 Å². The molecule has 2 saturated heterocycles. The van der Waals surface area contributed by atoms with E-state index in [0.717, 1.165) is 5.69 Å². The van der Waals surface area contributed by atoms with E-state index in [-0.39, 0.29) is 11.8 Å². The van der Waals surface area contributed by atoms with E-state index >= 15 is 0 Å². The molecule has 0 radical (unpaired) electrons. The first kappa shape index (κ1) is 22.1. The Morgan fingerprint density at radius 2 is 1.71 bits per heavy atom. The van der Waals surface area contributed by atoms with Gasteiger partial charge in [-0.15, -0.1) is 0 Å². The number of hydrogen-bond donors (Lipinski definition) is 1. The number of anilines is 2. The fourth-order valence-electron chi connectivity index (χ4n) is 5.16. The molecule has 0 unspecified atom stereocenters. The minimum Gasteiger partial charge on any atom is -0.497 e. The Labute approximate surface area is 197 Å². The number of hydrogen-bond acceptors (Lipinski definition) is 7. The van der Waals surface area contributed by atoms with E-state index in [0.29, 0.717) is 35.2 Å². The normalized spacial score (nSPS) is 26.4. The summed E-state index contributed by atoms with van der Waals surface area (Å²) >= 11 is 0. The summed E-state index contributed by atoms with van der Waals surface area (Å²) in [5.41, 5.74) is 0.385. The average Bonchev–Trinajstić information content (AvgIpc) is 3.51. The molecule has 9 nitrogen and oxygen atoms in total. The number of nitrogens with zero attached hydrogens (tertiary/aromatic N) is 1. The first-order valence-corrected chi connectivity index (χ1v) is 10.9. The number of amides is 2. The van der Waals surface area contributed by atoms with Crippen molar-refractivity contribution in [1.82, 2.24) is 0 Å². The molecule has 1 spiro atoms.